The van der Waals surface area contributed by atoms with Crippen LogP contribution in [0, 0.1) is 11.0 Å². The summed E-state index contributed by atoms with van der Waals surface area (Å²) in [6.45, 7) is -0.786. The van der Waals surface area contributed by atoms with Gasteiger partial charge in [-0.2, -0.15) is 26.3 Å². The smallest absolute Gasteiger partial charge is 0.416 e. The Morgan fingerprint density at radius 3 is 2.19 bits per heavy atom. The van der Waals surface area contributed by atoms with Gasteiger partial charge in [0.1, 0.15) is 5.82 Å². The molecule has 0 aliphatic carbocycles. The second kappa shape index (κ2) is 9.32. The van der Waals surface area contributed by atoms with Crippen LogP contribution in [0.15, 0.2) is 54.7 Å². The summed E-state index contributed by atoms with van der Waals surface area (Å²) in [5.41, 5.74) is -3.83. The summed E-state index contributed by atoms with van der Waals surface area (Å²) in [7, 11) is 0. The minimum Gasteiger partial charge on any atom is -0.616 e. The standard InChI is InChI=1S/C24H17F7N2O3/c25-19-5-2-1-4-17(19)18-6-8-33(35)22-20(18)21(34)32(7-3-9-36-22)13-14-10-15(23(26,27)28)12-16(11-14)24(29,30)31/h1-2,4-6,8,10-12H,3,7,9,13H2. The Hall–Kier alpha value is -3.83. The average Bonchev–Trinajstić information content (AvgIpc) is 2.79. The quantitative estimate of drug-likeness (QED) is 0.260. The fraction of sp³-hybridized carbons (Fsp3) is 0.250. The molecule has 36 heavy (non-hydrogen) atoms. The Morgan fingerprint density at radius 2 is 1.58 bits per heavy atom. The number of pyridine rings is 1. The van der Waals surface area contributed by atoms with Gasteiger partial charge < -0.3 is 14.8 Å². The van der Waals surface area contributed by atoms with Gasteiger partial charge in [0.15, 0.2) is 11.8 Å². The molecule has 1 amide bonds. The number of carbonyl (C=O) groups is 1. The molecule has 3 aromatic rings. The number of benzene rings is 2. The number of carbonyl (C=O) groups excluding carboxylic acids is 1. The molecule has 190 valence electrons. The third-order valence-corrected chi connectivity index (χ3v) is 5.56. The third-order valence-electron chi connectivity index (χ3n) is 5.56. The molecule has 0 N–H and O–H groups in total. The molecule has 1 aromatic heterocycles. The van der Waals surface area contributed by atoms with Gasteiger partial charge >= 0.3 is 18.2 Å². The van der Waals surface area contributed by atoms with Crippen LogP contribution in [0.25, 0.3) is 11.1 Å². The highest BCUT2D eigenvalue weighted by Gasteiger charge is 2.38. The van der Waals surface area contributed by atoms with Crippen molar-refractivity contribution in [2.24, 2.45) is 0 Å². The highest BCUT2D eigenvalue weighted by molar-refractivity contribution is 6.02. The maximum absolute atomic E-state index is 14.5. The lowest BCUT2D eigenvalue weighted by molar-refractivity contribution is -0.613. The van der Waals surface area contributed by atoms with Crippen LogP contribution in [0.2, 0.25) is 0 Å². The predicted octanol–water partition coefficient (Wildman–Crippen LogP) is 5.59. The van der Waals surface area contributed by atoms with Crippen molar-refractivity contribution < 1.29 is 45.0 Å². The lowest BCUT2D eigenvalue weighted by Crippen LogP contribution is -2.39. The zero-order valence-corrected chi connectivity index (χ0v) is 18.3. The monoisotopic (exact) mass is 514 g/mol. The second-order valence-electron chi connectivity index (χ2n) is 8.06. The first-order chi connectivity index (χ1) is 16.9. The molecule has 0 saturated carbocycles. The van der Waals surface area contributed by atoms with Crippen molar-refractivity contribution in [3.8, 4) is 17.0 Å². The molecular formula is C24H17F7N2O3. The molecule has 0 spiro atoms. The second-order valence-corrected chi connectivity index (χ2v) is 8.06. The van der Waals surface area contributed by atoms with Gasteiger partial charge in [-0.05, 0) is 36.2 Å². The Balaban J connectivity index is 1.81. The molecule has 0 bridgehead atoms. The summed E-state index contributed by atoms with van der Waals surface area (Å²) < 4.78 is 100. The minimum absolute atomic E-state index is 0.00143. The van der Waals surface area contributed by atoms with E-state index < -0.39 is 53.2 Å². The van der Waals surface area contributed by atoms with Gasteiger partial charge in [-0.15, -0.1) is 4.73 Å². The van der Waals surface area contributed by atoms with Gasteiger partial charge in [-0.3, -0.25) is 4.79 Å². The van der Waals surface area contributed by atoms with Crippen molar-refractivity contribution >= 4 is 5.91 Å². The van der Waals surface area contributed by atoms with E-state index in [1.165, 1.54) is 24.3 Å². The highest BCUT2D eigenvalue weighted by atomic mass is 19.4. The van der Waals surface area contributed by atoms with Crippen molar-refractivity contribution in [3.05, 3.63) is 88.0 Å². The maximum atomic E-state index is 14.5. The Bertz CT molecular complexity index is 1270. The van der Waals surface area contributed by atoms with Crippen molar-refractivity contribution in [2.45, 2.75) is 25.3 Å². The molecule has 4 rings (SSSR count). The molecule has 0 atom stereocenters. The molecule has 1 aliphatic rings. The van der Waals surface area contributed by atoms with E-state index in [4.69, 9.17) is 4.74 Å². The molecule has 0 fully saturated rings. The van der Waals surface area contributed by atoms with Crippen molar-refractivity contribution in [3.63, 3.8) is 0 Å². The summed E-state index contributed by atoms with van der Waals surface area (Å²) >= 11 is 0. The van der Waals surface area contributed by atoms with Crippen LogP contribution in [0.5, 0.6) is 5.88 Å². The molecule has 0 unspecified atom stereocenters. The summed E-state index contributed by atoms with van der Waals surface area (Å²) in [4.78, 5) is 14.6. The topological polar surface area (TPSA) is 56.5 Å². The number of rotatable bonds is 3. The van der Waals surface area contributed by atoms with E-state index in [0.717, 1.165) is 17.2 Å². The van der Waals surface area contributed by atoms with Gasteiger partial charge in [0.25, 0.3) is 5.91 Å². The molecule has 0 saturated heterocycles. The van der Waals surface area contributed by atoms with E-state index in [-0.39, 0.29) is 47.1 Å². The van der Waals surface area contributed by atoms with Crippen molar-refractivity contribution in [1.29, 1.82) is 0 Å². The van der Waals surface area contributed by atoms with Crippen LogP contribution in [0.4, 0.5) is 30.7 Å². The number of fused-ring (bicyclic) bond motifs is 1. The Labute approximate surface area is 199 Å². The van der Waals surface area contributed by atoms with Crippen molar-refractivity contribution in [1.82, 2.24) is 4.90 Å². The highest BCUT2D eigenvalue weighted by Crippen LogP contribution is 2.37. The Kier molecular flexibility index (Phi) is 6.54. The van der Waals surface area contributed by atoms with E-state index in [9.17, 15) is 40.7 Å². The number of alkyl halides is 6. The SMILES string of the molecule is O=C1c2c(-c3ccccc3F)cc[n+]([O-])c2OCCCN1Cc1cc(C(F)(F)F)cc(C(F)(F)F)c1. The molecule has 1 aliphatic heterocycles. The lowest BCUT2D eigenvalue weighted by Gasteiger charge is -2.27. The molecule has 5 nitrogen and oxygen atoms in total. The van der Waals surface area contributed by atoms with Crippen LogP contribution in [0.3, 0.4) is 0 Å². The van der Waals surface area contributed by atoms with Gasteiger partial charge in [0.05, 0.1) is 17.7 Å². The van der Waals surface area contributed by atoms with Crippen LogP contribution < -0.4 is 9.47 Å². The molecule has 12 heteroatoms. The van der Waals surface area contributed by atoms with Crippen LogP contribution >= 0.6 is 0 Å². The van der Waals surface area contributed by atoms with Crippen LogP contribution in [-0.2, 0) is 18.9 Å². The summed E-state index contributed by atoms with van der Waals surface area (Å²) in [6, 6.07) is 7.67. The summed E-state index contributed by atoms with van der Waals surface area (Å²) in [6.07, 6.45) is -8.95. The fourth-order valence-corrected chi connectivity index (χ4v) is 3.93. The summed E-state index contributed by atoms with van der Waals surface area (Å²) in [5.74, 6) is -2.05. The number of ether oxygens (including phenoxy) is 1. The number of hydrogen-bond acceptors (Lipinski definition) is 3. The van der Waals surface area contributed by atoms with Gasteiger partial charge in [0.2, 0.25) is 0 Å². The number of aromatic nitrogens is 1. The first-order valence-corrected chi connectivity index (χ1v) is 10.6. The summed E-state index contributed by atoms with van der Waals surface area (Å²) in [5, 5.41) is 12.4. The maximum Gasteiger partial charge on any atom is 0.416 e. The van der Waals surface area contributed by atoms with E-state index in [2.05, 4.69) is 0 Å². The number of hydrogen-bond donors (Lipinski definition) is 0. The zero-order valence-electron chi connectivity index (χ0n) is 18.3. The molecule has 0 radical (unpaired) electrons. The van der Waals surface area contributed by atoms with E-state index >= 15 is 0 Å². The molecule has 2 heterocycles. The largest absolute Gasteiger partial charge is 0.616 e. The Morgan fingerprint density at radius 1 is 0.944 bits per heavy atom. The third kappa shape index (κ3) is 5.07. The molecule has 2 aromatic carbocycles. The first-order valence-electron chi connectivity index (χ1n) is 10.6. The van der Waals surface area contributed by atoms with E-state index in [0.29, 0.717) is 12.1 Å². The van der Waals surface area contributed by atoms with Gasteiger partial charge in [-0.25, -0.2) is 4.39 Å². The van der Waals surface area contributed by atoms with Crippen LogP contribution in [-0.4, -0.2) is 24.0 Å². The van der Waals surface area contributed by atoms with Crippen molar-refractivity contribution in [2.75, 3.05) is 13.2 Å². The number of halogens is 7. The number of amides is 1. The van der Waals surface area contributed by atoms with Gasteiger partial charge in [0, 0.05) is 30.3 Å². The lowest BCUT2D eigenvalue weighted by atomic mass is 9.98. The van der Waals surface area contributed by atoms with E-state index in [1.807, 2.05) is 0 Å². The predicted molar refractivity (Wildman–Crippen MR) is 112 cm³/mol. The molecular weight excluding hydrogens is 497 g/mol. The minimum atomic E-state index is -5.05. The first kappa shape index (κ1) is 25.3. The van der Waals surface area contributed by atoms with Gasteiger partial charge in [-0.1, -0.05) is 18.2 Å². The zero-order chi connectivity index (χ0) is 26.3. The van der Waals surface area contributed by atoms with E-state index in [1.54, 1.807) is 0 Å². The fourth-order valence-electron chi connectivity index (χ4n) is 3.93. The normalized spacial score (nSPS) is 14.6. The van der Waals surface area contributed by atoms with Crippen LogP contribution in [0.1, 0.15) is 33.5 Å². The average molecular weight is 514 g/mol. The number of nitrogens with zero attached hydrogens (tertiary/aromatic N) is 2.